The van der Waals surface area contributed by atoms with Gasteiger partial charge in [0.15, 0.2) is 0 Å². The molecule has 2 aromatic heterocycles. The van der Waals surface area contributed by atoms with Crippen molar-refractivity contribution in [3.63, 3.8) is 0 Å². The van der Waals surface area contributed by atoms with Crippen molar-refractivity contribution in [1.82, 2.24) is 19.8 Å². The zero-order chi connectivity index (χ0) is 23.1. The summed E-state index contributed by atoms with van der Waals surface area (Å²) in [5.41, 5.74) is 8.71. The number of halogens is 1. The van der Waals surface area contributed by atoms with Crippen LogP contribution in [-0.2, 0) is 13.1 Å². The smallest absolute Gasteiger partial charge is 0.251 e. The van der Waals surface area contributed by atoms with Gasteiger partial charge in [0, 0.05) is 43.5 Å². The number of nitrogens with two attached hydrogens (primary N) is 1. The number of hydrogen-bond acceptors (Lipinski definition) is 6. The van der Waals surface area contributed by atoms with Gasteiger partial charge in [-0.3, -0.25) is 4.79 Å². The first-order valence-electron chi connectivity index (χ1n) is 10.9. The molecule has 0 saturated carbocycles. The summed E-state index contributed by atoms with van der Waals surface area (Å²) in [6.07, 6.45) is 6.24. The number of methoxy groups -OCH3 is 1. The summed E-state index contributed by atoms with van der Waals surface area (Å²) in [7, 11) is 1.63. The van der Waals surface area contributed by atoms with E-state index in [9.17, 15) is 9.18 Å². The van der Waals surface area contributed by atoms with Gasteiger partial charge in [0.2, 0.25) is 5.88 Å². The molecule has 0 atom stereocenters. The molecule has 172 valence electrons. The van der Waals surface area contributed by atoms with Crippen LogP contribution in [0.4, 0.5) is 10.1 Å². The Bertz CT molecular complexity index is 1030. The van der Waals surface area contributed by atoms with Crippen LogP contribution in [0.5, 0.6) is 5.88 Å². The average molecular weight is 442 g/mol. The molecule has 0 radical (unpaired) electrons. The van der Waals surface area contributed by atoms with E-state index in [-0.39, 0.29) is 5.56 Å². The molecule has 0 aliphatic carbocycles. The largest absolute Gasteiger partial charge is 0.481 e. The molecule has 32 heavy (non-hydrogen) atoms. The van der Waals surface area contributed by atoms with E-state index < -0.39 is 5.83 Å². The van der Waals surface area contributed by atoms with Crippen LogP contribution in [0.2, 0.25) is 0 Å². The highest BCUT2D eigenvalue weighted by Crippen LogP contribution is 2.17. The van der Waals surface area contributed by atoms with E-state index in [4.69, 9.17) is 10.5 Å². The molecule has 8 heteroatoms. The van der Waals surface area contributed by atoms with E-state index in [0.717, 1.165) is 49.7 Å². The van der Waals surface area contributed by atoms with Crippen LogP contribution in [0.3, 0.4) is 0 Å². The lowest BCUT2D eigenvalue weighted by molar-refractivity contribution is 0.190. The third kappa shape index (κ3) is 6.05. The highest BCUT2D eigenvalue weighted by Gasteiger charge is 2.19. The zero-order valence-corrected chi connectivity index (χ0v) is 18.8. The van der Waals surface area contributed by atoms with Crippen LogP contribution in [0.1, 0.15) is 29.7 Å². The van der Waals surface area contributed by atoms with Gasteiger partial charge in [-0.25, -0.2) is 9.37 Å². The van der Waals surface area contributed by atoms with Crippen molar-refractivity contribution in [3.8, 4) is 5.88 Å². The molecular formula is C24H32FN5O2. The van der Waals surface area contributed by atoms with Gasteiger partial charge in [-0.2, -0.15) is 0 Å². The number of hydrogen-bond donors (Lipinski definition) is 2. The van der Waals surface area contributed by atoms with Crippen molar-refractivity contribution < 1.29 is 9.13 Å². The average Bonchev–Trinajstić information content (AvgIpc) is 2.80. The topological polar surface area (TPSA) is 85.4 Å². The molecule has 1 saturated heterocycles. The molecule has 2 aromatic rings. The summed E-state index contributed by atoms with van der Waals surface area (Å²) in [6.45, 7) is 9.20. The van der Waals surface area contributed by atoms with Crippen LogP contribution in [0.25, 0.3) is 6.08 Å². The number of pyridine rings is 2. The Kier molecular flexibility index (Phi) is 8.19. The quantitative estimate of drug-likeness (QED) is 0.582. The monoisotopic (exact) mass is 441 g/mol. The van der Waals surface area contributed by atoms with E-state index >= 15 is 0 Å². The number of allylic oxidation sites excluding steroid dienone is 2. The van der Waals surface area contributed by atoms with Gasteiger partial charge in [0.25, 0.3) is 5.56 Å². The van der Waals surface area contributed by atoms with Crippen molar-refractivity contribution in [1.29, 1.82) is 0 Å². The molecule has 0 aromatic carbocycles. The molecule has 0 unspecified atom stereocenters. The first-order valence-corrected chi connectivity index (χ1v) is 10.9. The van der Waals surface area contributed by atoms with Crippen molar-refractivity contribution in [2.75, 3.05) is 32.5 Å². The molecule has 3 rings (SSSR count). The van der Waals surface area contributed by atoms with Crippen LogP contribution in [-0.4, -0.2) is 47.2 Å². The number of piperidine rings is 1. The standard InChI is InChI=1S/C24H32FN5O2/c1-4-19(25)14-22-21(26)5-6-23(31)30(22)12-11-29-9-7-20(8-10-29)27-15-18-13-17(2)24(32-3)28-16-18/h4-6,13-14,16,20,27H,1,7-12,15,26H2,2-3H3/b19-14+. The molecule has 3 N–H and O–H groups in total. The van der Waals surface area contributed by atoms with Crippen molar-refractivity contribution in [2.45, 2.75) is 38.9 Å². The van der Waals surface area contributed by atoms with Gasteiger partial charge in [0.1, 0.15) is 5.83 Å². The van der Waals surface area contributed by atoms with Crippen LogP contribution < -0.4 is 21.3 Å². The Morgan fingerprint density at radius 2 is 2.12 bits per heavy atom. The van der Waals surface area contributed by atoms with Gasteiger partial charge in [0.05, 0.1) is 18.5 Å². The molecule has 1 fully saturated rings. The van der Waals surface area contributed by atoms with E-state index in [2.05, 4.69) is 27.8 Å². The van der Waals surface area contributed by atoms with Crippen molar-refractivity contribution in [2.24, 2.45) is 0 Å². The molecule has 1 aliphatic heterocycles. The lowest BCUT2D eigenvalue weighted by Gasteiger charge is -2.32. The summed E-state index contributed by atoms with van der Waals surface area (Å²) < 4.78 is 20.5. The van der Waals surface area contributed by atoms with Crippen LogP contribution >= 0.6 is 0 Å². The molecule has 0 spiro atoms. The number of nitrogens with zero attached hydrogens (tertiary/aromatic N) is 3. The van der Waals surface area contributed by atoms with E-state index in [1.165, 1.54) is 22.8 Å². The Morgan fingerprint density at radius 1 is 1.38 bits per heavy atom. The van der Waals surface area contributed by atoms with Gasteiger partial charge in [-0.15, -0.1) is 0 Å². The van der Waals surface area contributed by atoms with E-state index in [0.29, 0.717) is 36.4 Å². The minimum Gasteiger partial charge on any atom is -0.481 e. The number of nitrogens with one attached hydrogen (secondary N) is 1. The van der Waals surface area contributed by atoms with Crippen LogP contribution in [0, 0.1) is 6.92 Å². The number of likely N-dealkylation sites (tertiary alicyclic amines) is 1. The predicted octanol–water partition coefficient (Wildman–Crippen LogP) is 2.89. The maximum atomic E-state index is 13.7. The molecule has 0 bridgehead atoms. The normalized spacial score (nSPS) is 15.7. The second kappa shape index (κ2) is 11.1. The predicted molar refractivity (Wildman–Crippen MR) is 126 cm³/mol. The Morgan fingerprint density at radius 3 is 2.78 bits per heavy atom. The lowest BCUT2D eigenvalue weighted by atomic mass is 10.0. The zero-order valence-electron chi connectivity index (χ0n) is 18.8. The highest BCUT2D eigenvalue weighted by atomic mass is 19.1. The Labute approximate surface area is 188 Å². The van der Waals surface area contributed by atoms with Gasteiger partial charge < -0.3 is 25.3 Å². The fourth-order valence-electron chi connectivity index (χ4n) is 3.99. The molecule has 3 heterocycles. The number of nitrogen functional groups attached to an aromatic ring is 1. The first-order chi connectivity index (χ1) is 15.4. The van der Waals surface area contributed by atoms with Crippen molar-refractivity contribution in [3.05, 3.63) is 70.1 Å². The summed E-state index contributed by atoms with van der Waals surface area (Å²) in [6, 6.07) is 5.46. The second-order valence-corrected chi connectivity index (χ2v) is 8.06. The number of aromatic nitrogens is 2. The summed E-state index contributed by atoms with van der Waals surface area (Å²) in [4.78, 5) is 19.0. The fraction of sp³-hybridized carbons (Fsp3) is 0.417. The lowest BCUT2D eigenvalue weighted by Crippen LogP contribution is -2.43. The van der Waals surface area contributed by atoms with Gasteiger partial charge in [-0.1, -0.05) is 6.58 Å². The summed E-state index contributed by atoms with van der Waals surface area (Å²) >= 11 is 0. The van der Waals surface area contributed by atoms with Crippen LogP contribution in [0.15, 0.2) is 47.7 Å². The minimum absolute atomic E-state index is 0.192. The van der Waals surface area contributed by atoms with E-state index in [1.807, 2.05) is 13.1 Å². The highest BCUT2D eigenvalue weighted by molar-refractivity contribution is 5.63. The van der Waals surface area contributed by atoms with Gasteiger partial charge >= 0.3 is 0 Å². The molecule has 0 amide bonds. The first kappa shape index (κ1) is 23.7. The maximum Gasteiger partial charge on any atom is 0.251 e. The third-order valence-corrected chi connectivity index (χ3v) is 5.83. The number of anilines is 1. The molecule has 7 nitrogen and oxygen atoms in total. The third-order valence-electron chi connectivity index (χ3n) is 5.83. The second-order valence-electron chi connectivity index (χ2n) is 8.06. The van der Waals surface area contributed by atoms with E-state index in [1.54, 1.807) is 7.11 Å². The Hall–Kier alpha value is -2.97. The van der Waals surface area contributed by atoms with Gasteiger partial charge in [-0.05, 0) is 62.7 Å². The number of aryl methyl sites for hydroxylation is 1. The SMILES string of the molecule is C=C/C(F)=C\c1c(N)ccc(=O)n1CCN1CCC(NCc2cnc(OC)c(C)c2)CC1. The molecule has 1 aliphatic rings. The number of ether oxygens (including phenoxy) is 1. The maximum absolute atomic E-state index is 13.7. The minimum atomic E-state index is -0.523. The summed E-state index contributed by atoms with van der Waals surface area (Å²) in [5, 5.41) is 3.61. The molecular weight excluding hydrogens is 409 g/mol. The fourth-order valence-corrected chi connectivity index (χ4v) is 3.99. The van der Waals surface area contributed by atoms with Crippen molar-refractivity contribution >= 4 is 11.8 Å². The Balaban J connectivity index is 1.52. The number of rotatable bonds is 9. The summed E-state index contributed by atoms with van der Waals surface area (Å²) in [5.74, 6) is 0.136.